The van der Waals surface area contributed by atoms with Gasteiger partial charge in [0.25, 0.3) is 0 Å². The molecule has 1 aromatic rings. The molecule has 1 aromatic heterocycles. The average molecular weight is 275 g/mol. The molecule has 0 unspecified atom stereocenters. The van der Waals surface area contributed by atoms with Crippen LogP contribution in [0.1, 0.15) is 27.2 Å². The van der Waals surface area contributed by atoms with Gasteiger partial charge in [-0.05, 0) is 38.8 Å². The van der Waals surface area contributed by atoms with Crippen LogP contribution >= 0.6 is 11.6 Å². The molecule has 0 atom stereocenters. The van der Waals surface area contributed by atoms with Crippen LogP contribution in [0, 0.1) is 0 Å². The minimum Gasteiger partial charge on any atom is -0.464 e. The van der Waals surface area contributed by atoms with Gasteiger partial charge in [-0.25, -0.2) is 0 Å². The van der Waals surface area contributed by atoms with Crippen molar-refractivity contribution in [3.63, 3.8) is 0 Å². The summed E-state index contributed by atoms with van der Waals surface area (Å²) in [6.07, 6.45) is 0.644. The molecule has 0 fully saturated rings. The van der Waals surface area contributed by atoms with Crippen molar-refractivity contribution < 1.29 is 9.84 Å². The highest BCUT2D eigenvalue weighted by atomic mass is 35.5. The summed E-state index contributed by atoms with van der Waals surface area (Å²) in [6, 6.07) is 0.423. The van der Waals surface area contributed by atoms with Crippen molar-refractivity contribution in [1.29, 1.82) is 0 Å². The molecule has 0 bridgehead atoms. The number of aromatic nitrogens is 3. The van der Waals surface area contributed by atoms with Crippen LogP contribution in [0.15, 0.2) is 0 Å². The van der Waals surface area contributed by atoms with E-state index in [0.717, 1.165) is 0 Å². The Bertz CT molecular complexity index is 376. The number of aliphatic hydroxyl groups excluding tert-OH is 1. The Labute approximate surface area is 112 Å². The van der Waals surface area contributed by atoms with Crippen LogP contribution in [-0.2, 0) is 0 Å². The molecule has 0 radical (unpaired) electrons. The van der Waals surface area contributed by atoms with E-state index in [1.54, 1.807) is 0 Å². The Morgan fingerprint density at radius 2 is 2.06 bits per heavy atom. The molecule has 0 aliphatic heterocycles. The van der Waals surface area contributed by atoms with Gasteiger partial charge in [0.1, 0.15) is 0 Å². The van der Waals surface area contributed by atoms with Crippen LogP contribution in [0.2, 0.25) is 5.28 Å². The van der Waals surface area contributed by atoms with Gasteiger partial charge in [-0.2, -0.15) is 15.0 Å². The summed E-state index contributed by atoms with van der Waals surface area (Å²) in [6.45, 7) is 7.15. The Hall–Kier alpha value is -1.14. The normalized spacial score (nSPS) is 10.8. The second-order valence-electron chi connectivity index (χ2n) is 3.98. The lowest BCUT2D eigenvalue weighted by Gasteiger charge is -2.26. The molecule has 6 nitrogen and oxygen atoms in total. The van der Waals surface area contributed by atoms with Gasteiger partial charge in [-0.15, -0.1) is 0 Å². The molecule has 0 aromatic carbocycles. The topological polar surface area (TPSA) is 71.4 Å². The van der Waals surface area contributed by atoms with E-state index in [4.69, 9.17) is 21.4 Å². The first-order valence-corrected chi connectivity index (χ1v) is 6.38. The van der Waals surface area contributed by atoms with Crippen LogP contribution < -0.4 is 9.64 Å². The highest BCUT2D eigenvalue weighted by Crippen LogP contribution is 2.17. The van der Waals surface area contributed by atoms with Crippen molar-refractivity contribution >= 4 is 17.5 Å². The molecule has 0 aliphatic carbocycles. The Morgan fingerprint density at radius 3 is 2.61 bits per heavy atom. The number of aliphatic hydroxyl groups is 1. The number of anilines is 1. The van der Waals surface area contributed by atoms with E-state index >= 15 is 0 Å². The number of hydrogen-bond acceptors (Lipinski definition) is 6. The van der Waals surface area contributed by atoms with Crippen LogP contribution in [-0.4, -0.2) is 45.9 Å². The largest absolute Gasteiger partial charge is 0.464 e. The zero-order chi connectivity index (χ0) is 13.5. The second-order valence-corrected chi connectivity index (χ2v) is 4.32. The van der Waals surface area contributed by atoms with Gasteiger partial charge in [0.05, 0.1) is 6.61 Å². The van der Waals surface area contributed by atoms with Crippen molar-refractivity contribution in [2.75, 3.05) is 24.7 Å². The monoisotopic (exact) mass is 274 g/mol. The van der Waals surface area contributed by atoms with Gasteiger partial charge in [0.15, 0.2) is 0 Å². The highest BCUT2D eigenvalue weighted by molar-refractivity contribution is 6.28. The van der Waals surface area contributed by atoms with Crippen LogP contribution in [0.4, 0.5) is 5.95 Å². The standard InChI is InChI=1S/C11H19ClN4O2/c1-4-18-11-14-9(12)13-10(15-11)16(8(2)3)6-5-7-17/h8,17H,4-7H2,1-3H3. The first-order chi connectivity index (χ1) is 8.58. The summed E-state index contributed by atoms with van der Waals surface area (Å²) in [5, 5.41) is 9.02. The molecule has 0 saturated heterocycles. The van der Waals surface area contributed by atoms with Crippen molar-refractivity contribution in [3.05, 3.63) is 5.28 Å². The summed E-state index contributed by atoms with van der Waals surface area (Å²) < 4.78 is 5.24. The van der Waals surface area contributed by atoms with Crippen LogP contribution in [0.3, 0.4) is 0 Å². The molecule has 102 valence electrons. The fourth-order valence-corrected chi connectivity index (χ4v) is 1.62. The van der Waals surface area contributed by atoms with Crippen LogP contribution in [0.5, 0.6) is 6.01 Å². The van der Waals surface area contributed by atoms with E-state index in [1.807, 2.05) is 25.7 Å². The van der Waals surface area contributed by atoms with E-state index < -0.39 is 0 Å². The summed E-state index contributed by atoms with van der Waals surface area (Å²) in [5.41, 5.74) is 0. The number of nitrogens with zero attached hydrogens (tertiary/aromatic N) is 4. The maximum Gasteiger partial charge on any atom is 0.322 e. The molecule has 0 saturated carbocycles. The van der Waals surface area contributed by atoms with E-state index in [9.17, 15) is 0 Å². The van der Waals surface area contributed by atoms with Gasteiger partial charge >= 0.3 is 6.01 Å². The third-order valence-electron chi connectivity index (χ3n) is 2.29. The lowest BCUT2D eigenvalue weighted by Crippen LogP contribution is -2.34. The Morgan fingerprint density at radius 1 is 1.33 bits per heavy atom. The number of ether oxygens (including phenoxy) is 1. The number of halogens is 1. The molecule has 0 spiro atoms. The van der Waals surface area contributed by atoms with Crippen molar-refractivity contribution in [3.8, 4) is 6.01 Å². The minimum atomic E-state index is 0.109. The van der Waals surface area contributed by atoms with E-state index in [0.29, 0.717) is 25.5 Å². The smallest absolute Gasteiger partial charge is 0.322 e. The Kier molecular flexibility index (Phi) is 6.07. The third kappa shape index (κ3) is 4.27. The average Bonchev–Trinajstić information content (AvgIpc) is 2.28. The maximum atomic E-state index is 8.91. The van der Waals surface area contributed by atoms with Crippen LogP contribution in [0.25, 0.3) is 0 Å². The van der Waals surface area contributed by atoms with Gasteiger partial charge < -0.3 is 14.7 Å². The molecule has 1 N–H and O–H groups in total. The van der Waals surface area contributed by atoms with E-state index in [-0.39, 0.29) is 23.9 Å². The van der Waals surface area contributed by atoms with Gasteiger partial charge in [-0.3, -0.25) is 0 Å². The quantitative estimate of drug-likeness (QED) is 0.813. The molecule has 18 heavy (non-hydrogen) atoms. The lowest BCUT2D eigenvalue weighted by molar-refractivity contribution is 0.288. The molecule has 7 heteroatoms. The number of hydrogen-bond donors (Lipinski definition) is 1. The third-order valence-corrected chi connectivity index (χ3v) is 2.46. The maximum absolute atomic E-state index is 8.91. The summed E-state index contributed by atoms with van der Waals surface area (Å²) in [5.74, 6) is 0.474. The summed E-state index contributed by atoms with van der Waals surface area (Å²) in [7, 11) is 0. The zero-order valence-electron chi connectivity index (χ0n) is 10.9. The molecular weight excluding hydrogens is 256 g/mol. The fraction of sp³-hybridized carbons (Fsp3) is 0.727. The summed E-state index contributed by atoms with van der Waals surface area (Å²) in [4.78, 5) is 14.2. The van der Waals surface area contributed by atoms with Crippen molar-refractivity contribution in [2.24, 2.45) is 0 Å². The van der Waals surface area contributed by atoms with Gasteiger partial charge in [0.2, 0.25) is 11.2 Å². The van der Waals surface area contributed by atoms with Gasteiger partial charge in [0, 0.05) is 19.2 Å². The van der Waals surface area contributed by atoms with Crippen molar-refractivity contribution in [1.82, 2.24) is 15.0 Å². The minimum absolute atomic E-state index is 0.109. The van der Waals surface area contributed by atoms with Crippen molar-refractivity contribution in [2.45, 2.75) is 33.2 Å². The SMILES string of the molecule is CCOc1nc(Cl)nc(N(CCCO)C(C)C)n1. The molecule has 0 amide bonds. The highest BCUT2D eigenvalue weighted by Gasteiger charge is 2.16. The second kappa shape index (κ2) is 7.33. The number of rotatable bonds is 7. The van der Waals surface area contributed by atoms with Gasteiger partial charge in [-0.1, -0.05) is 0 Å². The van der Waals surface area contributed by atoms with E-state index in [1.165, 1.54) is 0 Å². The molecule has 1 heterocycles. The first kappa shape index (κ1) is 14.9. The van der Waals surface area contributed by atoms with E-state index in [2.05, 4.69) is 15.0 Å². The first-order valence-electron chi connectivity index (χ1n) is 6.00. The predicted molar refractivity (Wildman–Crippen MR) is 70.2 cm³/mol. The summed E-state index contributed by atoms with van der Waals surface area (Å²) >= 11 is 5.85. The molecule has 0 aliphatic rings. The fourth-order valence-electron chi connectivity index (χ4n) is 1.47. The predicted octanol–water partition coefficient (Wildman–Crippen LogP) is 1.52. The molecule has 1 rings (SSSR count). The zero-order valence-corrected chi connectivity index (χ0v) is 11.7. The Balaban J connectivity index is 2.95. The molecular formula is C11H19ClN4O2. The lowest BCUT2D eigenvalue weighted by atomic mass is 10.3.